The highest BCUT2D eigenvalue weighted by atomic mass is 32.2. The number of ether oxygens (including phenoxy) is 1. The number of aromatic nitrogens is 3. The first kappa shape index (κ1) is 20.0. The Kier molecular flexibility index (Phi) is 6.78. The number of carbonyl (C=O) groups excluding carboxylic acids is 1. The van der Waals surface area contributed by atoms with Crippen molar-refractivity contribution in [3.63, 3.8) is 0 Å². The molecule has 0 bridgehead atoms. The Hall–Kier alpha value is -2.71. The number of hydrogen-bond donors (Lipinski definition) is 1. The lowest BCUT2D eigenvalue weighted by Gasteiger charge is -2.10. The average molecular weight is 400 g/mol. The van der Waals surface area contributed by atoms with Crippen molar-refractivity contribution in [2.24, 2.45) is 0 Å². The van der Waals surface area contributed by atoms with Crippen LogP contribution in [-0.4, -0.2) is 40.1 Å². The van der Waals surface area contributed by atoms with E-state index in [9.17, 15) is 9.18 Å². The largest absolute Gasteiger partial charge is 0.383 e. The molecule has 146 valence electrons. The fraction of sp³-hybridized carbons (Fsp3) is 0.250. The molecule has 8 heteroatoms. The fourth-order valence-electron chi connectivity index (χ4n) is 2.63. The van der Waals surface area contributed by atoms with Crippen molar-refractivity contribution in [1.29, 1.82) is 0 Å². The summed E-state index contributed by atoms with van der Waals surface area (Å²) >= 11 is 1.28. The molecule has 0 saturated carbocycles. The molecule has 6 nitrogen and oxygen atoms in total. The van der Waals surface area contributed by atoms with Crippen molar-refractivity contribution < 1.29 is 13.9 Å². The zero-order chi connectivity index (χ0) is 19.9. The Balaban J connectivity index is 1.72. The van der Waals surface area contributed by atoms with Crippen molar-refractivity contribution in [2.75, 3.05) is 24.8 Å². The van der Waals surface area contributed by atoms with E-state index in [1.165, 1.54) is 23.9 Å². The van der Waals surface area contributed by atoms with Gasteiger partial charge in [0, 0.05) is 18.4 Å². The molecular weight excluding hydrogens is 379 g/mol. The maximum absolute atomic E-state index is 13.4. The molecule has 0 aliphatic carbocycles. The predicted octanol–water partition coefficient (Wildman–Crippen LogP) is 3.77. The summed E-state index contributed by atoms with van der Waals surface area (Å²) in [7, 11) is 1.63. The second-order valence-corrected chi connectivity index (χ2v) is 7.06. The first-order valence-corrected chi connectivity index (χ1v) is 9.73. The lowest BCUT2D eigenvalue weighted by atomic mass is 10.2. The highest BCUT2D eigenvalue weighted by Gasteiger charge is 2.16. The van der Waals surface area contributed by atoms with Crippen LogP contribution in [0.5, 0.6) is 0 Å². The van der Waals surface area contributed by atoms with E-state index in [0.29, 0.717) is 24.0 Å². The molecule has 0 spiro atoms. The Morgan fingerprint density at radius 2 is 2.00 bits per heavy atom. The molecule has 0 saturated heterocycles. The molecule has 3 aromatic rings. The van der Waals surface area contributed by atoms with Crippen LogP contribution in [0.4, 0.5) is 10.1 Å². The van der Waals surface area contributed by atoms with Crippen molar-refractivity contribution in [2.45, 2.75) is 18.6 Å². The minimum Gasteiger partial charge on any atom is -0.383 e. The number of halogens is 1. The first-order valence-electron chi connectivity index (χ1n) is 8.75. The second kappa shape index (κ2) is 9.48. The Labute approximate surface area is 167 Å². The summed E-state index contributed by atoms with van der Waals surface area (Å²) in [6.07, 6.45) is 0. The van der Waals surface area contributed by atoms with E-state index >= 15 is 0 Å². The molecule has 0 unspecified atom stereocenters. The number of rotatable bonds is 8. The predicted molar refractivity (Wildman–Crippen MR) is 108 cm³/mol. The van der Waals surface area contributed by atoms with Gasteiger partial charge in [-0.1, -0.05) is 48.2 Å². The highest BCUT2D eigenvalue weighted by molar-refractivity contribution is 7.99. The summed E-state index contributed by atoms with van der Waals surface area (Å²) in [5.41, 5.74) is 2.21. The second-order valence-electron chi connectivity index (χ2n) is 6.11. The van der Waals surface area contributed by atoms with Gasteiger partial charge >= 0.3 is 0 Å². The molecule has 0 aliphatic heterocycles. The summed E-state index contributed by atoms with van der Waals surface area (Å²) in [5.74, 6) is 0.235. The van der Waals surface area contributed by atoms with Crippen molar-refractivity contribution in [1.82, 2.24) is 14.8 Å². The van der Waals surface area contributed by atoms with E-state index in [2.05, 4.69) is 15.5 Å². The molecule has 0 aliphatic rings. The van der Waals surface area contributed by atoms with Crippen molar-refractivity contribution >= 4 is 23.4 Å². The van der Waals surface area contributed by atoms with E-state index in [1.54, 1.807) is 13.2 Å². The molecule has 0 atom stereocenters. The van der Waals surface area contributed by atoms with Gasteiger partial charge in [-0.15, -0.1) is 10.2 Å². The number of anilines is 1. The van der Waals surface area contributed by atoms with Gasteiger partial charge in [0.2, 0.25) is 5.91 Å². The van der Waals surface area contributed by atoms with Crippen LogP contribution in [0.1, 0.15) is 5.56 Å². The zero-order valence-corrected chi connectivity index (χ0v) is 16.5. The van der Waals surface area contributed by atoms with E-state index in [0.717, 1.165) is 17.0 Å². The molecule has 0 radical (unpaired) electrons. The third-order valence-electron chi connectivity index (χ3n) is 4.07. The Morgan fingerprint density at radius 3 is 2.75 bits per heavy atom. The summed E-state index contributed by atoms with van der Waals surface area (Å²) in [6, 6.07) is 14.0. The van der Waals surface area contributed by atoms with Gasteiger partial charge in [-0.2, -0.15) is 0 Å². The van der Waals surface area contributed by atoms with E-state index in [4.69, 9.17) is 4.74 Å². The maximum Gasteiger partial charge on any atom is 0.234 e. The molecule has 3 rings (SSSR count). The molecular formula is C20H21FN4O2S. The fourth-order valence-corrected chi connectivity index (χ4v) is 3.39. The van der Waals surface area contributed by atoms with Crippen molar-refractivity contribution in [3.8, 4) is 11.4 Å². The van der Waals surface area contributed by atoms with E-state index in [1.807, 2.05) is 41.8 Å². The minimum absolute atomic E-state index is 0.135. The maximum atomic E-state index is 13.4. The molecule has 1 aromatic heterocycles. The zero-order valence-electron chi connectivity index (χ0n) is 15.7. The van der Waals surface area contributed by atoms with Crippen LogP contribution < -0.4 is 5.32 Å². The van der Waals surface area contributed by atoms with Crippen LogP contribution in [0.15, 0.2) is 53.7 Å². The summed E-state index contributed by atoms with van der Waals surface area (Å²) < 4.78 is 20.5. The van der Waals surface area contributed by atoms with Gasteiger partial charge in [-0.3, -0.25) is 9.36 Å². The van der Waals surface area contributed by atoms with Gasteiger partial charge in [0.1, 0.15) is 5.82 Å². The van der Waals surface area contributed by atoms with Crippen LogP contribution in [-0.2, 0) is 16.1 Å². The van der Waals surface area contributed by atoms with Crippen LogP contribution >= 0.6 is 11.8 Å². The Morgan fingerprint density at radius 1 is 1.21 bits per heavy atom. The van der Waals surface area contributed by atoms with Crippen LogP contribution in [0.3, 0.4) is 0 Å². The number of thioether (sulfide) groups is 1. The molecule has 0 fully saturated rings. The van der Waals surface area contributed by atoms with Gasteiger partial charge in [0.05, 0.1) is 18.9 Å². The molecule has 1 N–H and O–H groups in total. The summed E-state index contributed by atoms with van der Waals surface area (Å²) in [6.45, 7) is 2.89. The number of nitrogens with one attached hydrogen (secondary N) is 1. The summed E-state index contributed by atoms with van der Waals surface area (Å²) in [5, 5.41) is 11.9. The average Bonchev–Trinajstić information content (AvgIpc) is 3.11. The van der Waals surface area contributed by atoms with Gasteiger partial charge < -0.3 is 10.1 Å². The number of nitrogens with zero attached hydrogens (tertiary/aromatic N) is 3. The Bertz CT molecular complexity index is 947. The lowest BCUT2D eigenvalue weighted by Crippen LogP contribution is -2.16. The van der Waals surface area contributed by atoms with E-state index in [-0.39, 0.29) is 17.5 Å². The van der Waals surface area contributed by atoms with Gasteiger partial charge in [0.25, 0.3) is 0 Å². The highest BCUT2D eigenvalue weighted by Crippen LogP contribution is 2.24. The SMILES string of the molecule is COCCn1c(SCC(=O)Nc2cc(F)ccc2C)nnc1-c1ccccc1. The smallest absolute Gasteiger partial charge is 0.234 e. The monoisotopic (exact) mass is 400 g/mol. The molecule has 1 heterocycles. The quantitative estimate of drug-likeness (QED) is 0.583. The normalized spacial score (nSPS) is 10.8. The molecule has 28 heavy (non-hydrogen) atoms. The number of aryl methyl sites for hydroxylation is 1. The minimum atomic E-state index is -0.389. The van der Waals surface area contributed by atoms with Crippen LogP contribution in [0.2, 0.25) is 0 Å². The first-order chi connectivity index (χ1) is 13.6. The topological polar surface area (TPSA) is 69.0 Å². The number of hydrogen-bond acceptors (Lipinski definition) is 5. The number of carbonyl (C=O) groups is 1. The number of amides is 1. The van der Waals surface area contributed by atoms with Gasteiger partial charge in [-0.25, -0.2) is 4.39 Å². The van der Waals surface area contributed by atoms with Gasteiger partial charge in [0.15, 0.2) is 11.0 Å². The third-order valence-corrected chi connectivity index (χ3v) is 5.04. The van der Waals surface area contributed by atoms with E-state index < -0.39 is 0 Å². The lowest BCUT2D eigenvalue weighted by molar-refractivity contribution is -0.113. The number of methoxy groups -OCH3 is 1. The standard InChI is InChI=1S/C20H21FN4O2S/c1-14-8-9-16(21)12-17(14)22-18(26)13-28-20-24-23-19(25(20)10-11-27-2)15-6-4-3-5-7-15/h3-9,12H,10-11,13H2,1-2H3,(H,22,26). The molecule has 1 amide bonds. The van der Waals surface area contributed by atoms with Crippen LogP contribution in [0.25, 0.3) is 11.4 Å². The third kappa shape index (κ3) is 4.96. The molecule has 2 aromatic carbocycles. The van der Waals surface area contributed by atoms with Crippen LogP contribution in [0, 0.1) is 12.7 Å². The van der Waals surface area contributed by atoms with Gasteiger partial charge in [-0.05, 0) is 24.6 Å². The van der Waals surface area contributed by atoms with Crippen molar-refractivity contribution in [3.05, 3.63) is 59.9 Å². The number of benzene rings is 2. The summed E-state index contributed by atoms with van der Waals surface area (Å²) in [4.78, 5) is 12.3.